The number of anilines is 2. The smallest absolute Gasteiger partial charge is 0.232 e. The monoisotopic (exact) mass is 362 g/mol. The molecule has 2 aliphatic heterocycles. The summed E-state index contributed by atoms with van der Waals surface area (Å²) in [6.45, 7) is 6.70. The molecule has 2 amide bonds. The van der Waals surface area contributed by atoms with Crippen molar-refractivity contribution in [3.05, 3.63) is 59.2 Å². The molecule has 0 aliphatic carbocycles. The van der Waals surface area contributed by atoms with Gasteiger partial charge in [0.1, 0.15) is 0 Å². The summed E-state index contributed by atoms with van der Waals surface area (Å²) in [6.07, 6.45) is 2.04. The quantitative estimate of drug-likeness (QED) is 0.831. The average Bonchev–Trinajstić information content (AvgIpc) is 3.20. The molecule has 2 heterocycles. The maximum Gasteiger partial charge on any atom is 0.232 e. The van der Waals surface area contributed by atoms with Crippen LogP contribution in [-0.2, 0) is 22.4 Å². The first-order chi connectivity index (χ1) is 13.0. The zero-order chi connectivity index (χ0) is 19.1. The highest BCUT2D eigenvalue weighted by Crippen LogP contribution is 2.36. The number of fused-ring (bicyclic) bond motifs is 1. The van der Waals surface area contributed by atoms with Gasteiger partial charge in [-0.05, 0) is 49.4 Å². The van der Waals surface area contributed by atoms with Crippen LogP contribution in [0.5, 0.6) is 0 Å². The number of aryl methyl sites for hydroxylation is 2. The maximum absolute atomic E-state index is 13.3. The molecule has 2 aromatic rings. The molecule has 4 rings (SSSR count). The van der Waals surface area contributed by atoms with Crippen LogP contribution in [0, 0.1) is 12.8 Å². The van der Waals surface area contributed by atoms with Crippen molar-refractivity contribution in [1.29, 1.82) is 0 Å². The molecule has 0 aromatic heterocycles. The second-order valence-corrected chi connectivity index (χ2v) is 7.73. The van der Waals surface area contributed by atoms with Crippen LogP contribution >= 0.6 is 0 Å². The van der Waals surface area contributed by atoms with Crippen molar-refractivity contribution in [2.75, 3.05) is 16.3 Å². The number of carbonyl (C=O) groups is 2. The van der Waals surface area contributed by atoms with Crippen LogP contribution in [0.1, 0.15) is 37.0 Å². The minimum absolute atomic E-state index is 0.0532. The molecule has 1 saturated heterocycles. The number of hydrogen-bond donors (Lipinski definition) is 0. The van der Waals surface area contributed by atoms with Gasteiger partial charge in [-0.3, -0.25) is 9.59 Å². The van der Waals surface area contributed by atoms with E-state index >= 15 is 0 Å². The summed E-state index contributed by atoms with van der Waals surface area (Å²) < 4.78 is 0. The standard InChI is InChI=1S/C23H26N2O2/c1-4-17-10-7-8-15(2)22(17)24-14-19(13-21(24)26)23(27)25-16(3)12-18-9-5-6-11-20(18)25/h5-11,16,19H,4,12-14H2,1-3H3. The normalized spacial score (nSPS) is 21.7. The molecule has 2 aliphatic rings. The summed E-state index contributed by atoms with van der Waals surface area (Å²) >= 11 is 0. The molecule has 0 bridgehead atoms. The molecular formula is C23H26N2O2. The Morgan fingerprint density at radius 1 is 1.11 bits per heavy atom. The van der Waals surface area contributed by atoms with Crippen LogP contribution in [-0.4, -0.2) is 24.4 Å². The molecule has 0 radical (unpaired) electrons. The Morgan fingerprint density at radius 2 is 1.89 bits per heavy atom. The maximum atomic E-state index is 13.3. The Balaban J connectivity index is 1.61. The number of benzene rings is 2. The van der Waals surface area contributed by atoms with Crippen molar-refractivity contribution in [3.63, 3.8) is 0 Å². The van der Waals surface area contributed by atoms with Gasteiger partial charge >= 0.3 is 0 Å². The van der Waals surface area contributed by atoms with E-state index in [1.54, 1.807) is 0 Å². The second-order valence-electron chi connectivity index (χ2n) is 7.73. The lowest BCUT2D eigenvalue weighted by molar-refractivity contribution is -0.124. The third-order valence-electron chi connectivity index (χ3n) is 5.89. The Bertz CT molecular complexity index is 905. The summed E-state index contributed by atoms with van der Waals surface area (Å²) in [6, 6.07) is 14.4. The van der Waals surface area contributed by atoms with E-state index < -0.39 is 0 Å². The van der Waals surface area contributed by atoms with E-state index in [0.29, 0.717) is 13.0 Å². The zero-order valence-electron chi connectivity index (χ0n) is 16.2. The summed E-state index contributed by atoms with van der Waals surface area (Å²) in [7, 11) is 0. The number of amides is 2. The average molecular weight is 362 g/mol. The molecule has 2 aromatic carbocycles. The van der Waals surface area contributed by atoms with Crippen LogP contribution in [0.25, 0.3) is 0 Å². The van der Waals surface area contributed by atoms with Gasteiger partial charge in [0, 0.05) is 30.4 Å². The second kappa shape index (κ2) is 6.84. The van der Waals surface area contributed by atoms with E-state index in [1.807, 2.05) is 47.1 Å². The first-order valence-electron chi connectivity index (χ1n) is 9.81. The van der Waals surface area contributed by atoms with Crippen molar-refractivity contribution in [2.45, 2.75) is 46.1 Å². The number of carbonyl (C=O) groups excluding carboxylic acids is 2. The molecule has 0 saturated carbocycles. The van der Waals surface area contributed by atoms with Crippen molar-refractivity contribution in [2.24, 2.45) is 5.92 Å². The molecule has 0 spiro atoms. The molecule has 2 atom stereocenters. The minimum atomic E-state index is -0.282. The summed E-state index contributed by atoms with van der Waals surface area (Å²) in [5, 5.41) is 0. The minimum Gasteiger partial charge on any atom is -0.311 e. The van der Waals surface area contributed by atoms with Gasteiger partial charge in [0.15, 0.2) is 0 Å². The Labute approximate surface area is 160 Å². The van der Waals surface area contributed by atoms with Gasteiger partial charge in [0.25, 0.3) is 0 Å². The first kappa shape index (κ1) is 17.8. The van der Waals surface area contributed by atoms with Crippen LogP contribution < -0.4 is 9.80 Å². The topological polar surface area (TPSA) is 40.6 Å². The molecular weight excluding hydrogens is 336 g/mol. The highest BCUT2D eigenvalue weighted by molar-refractivity contribution is 6.06. The van der Waals surface area contributed by atoms with Gasteiger partial charge in [-0.1, -0.05) is 43.3 Å². The van der Waals surface area contributed by atoms with E-state index in [2.05, 4.69) is 26.0 Å². The molecule has 4 heteroatoms. The fraction of sp³-hybridized carbons (Fsp3) is 0.391. The first-order valence-corrected chi connectivity index (χ1v) is 9.81. The highest BCUT2D eigenvalue weighted by Gasteiger charge is 2.41. The number of rotatable bonds is 3. The van der Waals surface area contributed by atoms with E-state index in [-0.39, 0.29) is 23.8 Å². The SMILES string of the molecule is CCc1cccc(C)c1N1CC(C(=O)N2c3ccccc3CC2C)CC1=O. The van der Waals surface area contributed by atoms with Crippen LogP contribution in [0.4, 0.5) is 11.4 Å². The predicted molar refractivity (Wildman–Crippen MR) is 108 cm³/mol. The fourth-order valence-corrected chi connectivity index (χ4v) is 4.58. The van der Waals surface area contributed by atoms with Gasteiger partial charge in [0.2, 0.25) is 11.8 Å². The van der Waals surface area contributed by atoms with Crippen molar-refractivity contribution in [3.8, 4) is 0 Å². The zero-order valence-corrected chi connectivity index (χ0v) is 16.2. The van der Waals surface area contributed by atoms with Crippen molar-refractivity contribution < 1.29 is 9.59 Å². The van der Waals surface area contributed by atoms with Gasteiger partial charge in [-0.25, -0.2) is 0 Å². The summed E-state index contributed by atoms with van der Waals surface area (Å²) in [5.74, 6) is -0.150. The van der Waals surface area contributed by atoms with Crippen molar-refractivity contribution in [1.82, 2.24) is 0 Å². The predicted octanol–water partition coefficient (Wildman–Crippen LogP) is 3.89. The van der Waals surface area contributed by atoms with Crippen LogP contribution in [0.3, 0.4) is 0 Å². The third-order valence-corrected chi connectivity index (χ3v) is 5.89. The van der Waals surface area contributed by atoms with Crippen LogP contribution in [0.15, 0.2) is 42.5 Å². The van der Waals surface area contributed by atoms with Gasteiger partial charge in [-0.15, -0.1) is 0 Å². The fourth-order valence-electron chi connectivity index (χ4n) is 4.58. The van der Waals surface area contributed by atoms with E-state index in [0.717, 1.165) is 35.3 Å². The number of para-hydroxylation sites is 2. The lowest BCUT2D eigenvalue weighted by atomic mass is 10.0. The molecule has 140 valence electrons. The Morgan fingerprint density at radius 3 is 2.67 bits per heavy atom. The lowest BCUT2D eigenvalue weighted by Gasteiger charge is -2.26. The summed E-state index contributed by atoms with van der Waals surface area (Å²) in [5.41, 5.74) is 5.47. The van der Waals surface area contributed by atoms with Gasteiger partial charge in [-0.2, -0.15) is 0 Å². The Kier molecular flexibility index (Phi) is 4.50. The number of hydrogen-bond acceptors (Lipinski definition) is 2. The molecule has 4 nitrogen and oxygen atoms in total. The number of nitrogens with zero attached hydrogens (tertiary/aromatic N) is 2. The van der Waals surface area contributed by atoms with E-state index in [9.17, 15) is 9.59 Å². The largest absolute Gasteiger partial charge is 0.311 e. The van der Waals surface area contributed by atoms with E-state index in [1.165, 1.54) is 5.56 Å². The van der Waals surface area contributed by atoms with Gasteiger partial charge in [0.05, 0.1) is 5.92 Å². The lowest BCUT2D eigenvalue weighted by Crippen LogP contribution is -2.41. The molecule has 0 N–H and O–H groups in total. The highest BCUT2D eigenvalue weighted by atomic mass is 16.2. The van der Waals surface area contributed by atoms with Gasteiger partial charge < -0.3 is 9.80 Å². The van der Waals surface area contributed by atoms with E-state index in [4.69, 9.17) is 0 Å². The molecule has 1 fully saturated rings. The third kappa shape index (κ3) is 2.93. The Hall–Kier alpha value is -2.62. The molecule has 27 heavy (non-hydrogen) atoms. The summed E-state index contributed by atoms with van der Waals surface area (Å²) in [4.78, 5) is 29.9. The van der Waals surface area contributed by atoms with Crippen LogP contribution in [0.2, 0.25) is 0 Å². The van der Waals surface area contributed by atoms with Crippen molar-refractivity contribution >= 4 is 23.2 Å². The molecule has 2 unspecified atom stereocenters.